The molecule has 107 heavy (non-hydrogen) atoms. The fourth-order valence-electron chi connectivity index (χ4n) is 13.5. The van der Waals surface area contributed by atoms with Crippen LogP contribution in [-0.4, -0.2) is 481 Å². The Balaban J connectivity index is 1.04. The minimum absolute atomic E-state index is 0.0642. The number of ether oxygens (including phenoxy) is 18. The van der Waals surface area contributed by atoms with Gasteiger partial charge in [-0.1, -0.05) is 11.5 Å². The topological polar surface area (TPSA) is 761 Å². The Hall–Kier alpha value is -2.49. The third-order valence-corrected chi connectivity index (χ3v) is 19.9. The van der Waals surface area contributed by atoms with Crippen molar-refractivity contribution >= 4 is 0 Å². The zero-order valence-corrected chi connectivity index (χ0v) is 56.8. The van der Waals surface area contributed by atoms with Crippen molar-refractivity contribution in [1.82, 2.24) is 0 Å². The average molecular weight is 1570 g/mol. The third kappa shape index (κ3) is 19.7. The van der Waals surface area contributed by atoms with E-state index in [2.05, 4.69) is 10.0 Å². The van der Waals surface area contributed by atoms with E-state index in [1.165, 1.54) is 0 Å². The van der Waals surface area contributed by atoms with Gasteiger partial charge in [0.25, 0.3) is 0 Å². The van der Waals surface area contributed by atoms with Crippen molar-refractivity contribution < 1.29 is 223 Å². The summed E-state index contributed by atoms with van der Waals surface area (Å²) >= 11 is 0. The van der Waals surface area contributed by atoms with Gasteiger partial charge < -0.3 is 223 Å². The van der Waals surface area contributed by atoms with Crippen molar-refractivity contribution in [1.29, 1.82) is 0 Å². The Bertz CT molecular complexity index is 2700. The molecule has 0 saturated carbocycles. The largest absolute Gasteiger partial charge is 0.394 e. The molecule has 9 heterocycles. The number of azide groups is 1. The number of nitrogens with zero attached hydrogens (tertiary/aromatic N) is 3. The first kappa shape index (κ1) is 88.5. The molecule has 43 atom stereocenters. The van der Waals surface area contributed by atoms with E-state index in [4.69, 9.17) is 90.8 Å². The molecule has 9 saturated heterocycles. The number of hydrogen-bond donors (Lipinski definition) is 27. The van der Waals surface area contributed by atoms with E-state index in [0.717, 1.165) is 0 Å². The van der Waals surface area contributed by atoms with Crippen LogP contribution in [0.15, 0.2) is 5.11 Å². The van der Waals surface area contributed by atoms with Crippen LogP contribution >= 0.6 is 0 Å². The molecule has 0 aromatic heterocycles. The molecule has 48 heteroatoms. The van der Waals surface area contributed by atoms with Crippen LogP contribution in [0.25, 0.3) is 10.4 Å². The zero-order valence-electron chi connectivity index (χ0n) is 56.8. The van der Waals surface area contributed by atoms with Crippen LogP contribution in [0.4, 0.5) is 0 Å². The molecule has 0 bridgehead atoms. The molecule has 0 aliphatic carbocycles. The second kappa shape index (κ2) is 39.7. The first-order valence-corrected chi connectivity index (χ1v) is 34.5. The van der Waals surface area contributed by atoms with Gasteiger partial charge in [0.2, 0.25) is 5.79 Å². The van der Waals surface area contributed by atoms with Gasteiger partial charge in [0.05, 0.1) is 65.6 Å². The van der Waals surface area contributed by atoms with Gasteiger partial charge in [0.1, 0.15) is 208 Å². The lowest BCUT2D eigenvalue weighted by Gasteiger charge is -2.52. The Kier molecular flexibility index (Phi) is 32.8. The smallest absolute Gasteiger partial charge is 0.224 e. The van der Waals surface area contributed by atoms with Crippen molar-refractivity contribution in [3.63, 3.8) is 0 Å². The first-order valence-electron chi connectivity index (χ1n) is 34.5. The van der Waals surface area contributed by atoms with E-state index in [-0.39, 0.29) is 19.6 Å². The second-order valence-electron chi connectivity index (χ2n) is 27.1. The summed E-state index contributed by atoms with van der Waals surface area (Å²) in [5.74, 6) is -2.88. The highest BCUT2D eigenvalue weighted by molar-refractivity contribution is 5.03. The summed E-state index contributed by atoms with van der Waals surface area (Å²) < 4.78 is 106. The van der Waals surface area contributed by atoms with Gasteiger partial charge in [-0.25, -0.2) is 0 Å². The highest BCUT2D eigenvalue weighted by Gasteiger charge is 2.62. The van der Waals surface area contributed by atoms with Crippen molar-refractivity contribution in [2.75, 3.05) is 79.2 Å². The van der Waals surface area contributed by atoms with Gasteiger partial charge >= 0.3 is 0 Å². The van der Waals surface area contributed by atoms with Gasteiger partial charge in [0, 0.05) is 24.5 Å². The second-order valence-corrected chi connectivity index (χ2v) is 27.1. The highest BCUT2D eigenvalue weighted by atomic mass is 16.8. The van der Waals surface area contributed by atoms with E-state index in [0.29, 0.717) is 12.8 Å². The number of unbranched alkanes of at least 4 members (excludes halogenated alkanes) is 2. The van der Waals surface area contributed by atoms with Crippen LogP contribution in [0, 0.1) is 0 Å². The number of rotatable bonds is 32. The molecule has 9 aliphatic rings. The SMILES string of the molecule is [N-]=[N+]=NCCCCCOC1OC(COC2OC(COC3OC(CO)C(O)C(O)C3OC3OC(CO)C(O)C(O)C3O)C(O)C(OC3OC(CO)C(O)C(O)C3OC3OC(CO)C(O)C(O)C3O)C2O)C(O)C(OC2OC(CO)C(O)C(O)C2OC2(OC3CC(O)C(O)C(CO)O3)COC(CO)C(O)C2O)C1O. The summed E-state index contributed by atoms with van der Waals surface area (Å²) in [5.41, 5.74) is 8.79. The Morgan fingerprint density at radius 3 is 1.18 bits per heavy atom. The lowest BCUT2D eigenvalue weighted by molar-refractivity contribution is -0.441. The highest BCUT2D eigenvalue weighted by Crippen LogP contribution is 2.41. The van der Waals surface area contributed by atoms with E-state index in [1.54, 1.807) is 0 Å². The van der Waals surface area contributed by atoms with Gasteiger partial charge in [0.15, 0.2) is 50.3 Å². The van der Waals surface area contributed by atoms with E-state index >= 15 is 0 Å². The van der Waals surface area contributed by atoms with Gasteiger partial charge in [-0.3, -0.25) is 0 Å². The summed E-state index contributed by atoms with van der Waals surface area (Å²) in [6, 6.07) is 0. The number of hydrogen-bond acceptors (Lipinski definition) is 46. The maximum atomic E-state index is 12.4. The monoisotopic (exact) mass is 1570 g/mol. The van der Waals surface area contributed by atoms with Crippen LogP contribution in [0.3, 0.4) is 0 Å². The molecule has 27 N–H and O–H groups in total. The molecule has 48 nitrogen and oxygen atoms in total. The van der Waals surface area contributed by atoms with Gasteiger partial charge in [-0.05, 0) is 18.4 Å². The van der Waals surface area contributed by atoms with Crippen molar-refractivity contribution in [3.05, 3.63) is 10.4 Å². The van der Waals surface area contributed by atoms with Crippen molar-refractivity contribution in [3.8, 4) is 0 Å². The summed E-state index contributed by atoms with van der Waals surface area (Å²) in [6.07, 6.45) is -86.2. The molecule has 0 amide bonds. The molecule has 0 aromatic carbocycles. The van der Waals surface area contributed by atoms with E-state index in [1.807, 2.05) is 0 Å². The van der Waals surface area contributed by atoms with Crippen LogP contribution < -0.4 is 0 Å². The predicted octanol–water partition coefficient (Wildman–Crippen LogP) is -17.1. The molecular formula is C59H101N3O45. The fourth-order valence-corrected chi connectivity index (χ4v) is 13.5. The lowest BCUT2D eigenvalue weighted by atomic mass is 9.94. The minimum atomic E-state index is -2.88. The Morgan fingerprint density at radius 1 is 0.327 bits per heavy atom. The maximum absolute atomic E-state index is 12.4. The molecule has 43 unspecified atom stereocenters. The first-order chi connectivity index (χ1) is 51.0. The third-order valence-electron chi connectivity index (χ3n) is 19.9. The summed E-state index contributed by atoms with van der Waals surface area (Å²) in [7, 11) is 0. The maximum Gasteiger partial charge on any atom is 0.224 e. The van der Waals surface area contributed by atoms with E-state index in [9.17, 15) is 138 Å². The van der Waals surface area contributed by atoms with Crippen molar-refractivity contribution in [2.45, 2.75) is 289 Å². The predicted molar refractivity (Wildman–Crippen MR) is 327 cm³/mol. The van der Waals surface area contributed by atoms with Crippen LogP contribution in [0.2, 0.25) is 0 Å². The lowest BCUT2D eigenvalue weighted by Crippen LogP contribution is -2.71. The van der Waals surface area contributed by atoms with E-state index < -0.39 is 336 Å². The summed E-state index contributed by atoms with van der Waals surface area (Å²) in [5, 5.41) is 300. The number of aliphatic hydroxyl groups is 27. The van der Waals surface area contributed by atoms with Crippen LogP contribution in [0.1, 0.15) is 25.7 Å². The standard InChI is InChI=1S/C59H101N3O45/c60-62-61-4-2-1-3-5-90-52-44(87)46(103-58-50(41(84)33(76)24(13-69)99-58)107-59(16-93-18(7-63)36(79)51(59)89)106-27-6-17(70)28(71)19(8-64)94-27)34(77)25(100-52)14-91-53-45(88)47(102-57-49(40(83)32(75)23(12-68)98-57)105-55-43(86)38(81)30(73)21(10-66)96-55)35(78)26(101-53)15-92-56-48(39(82)31(74)22(11-67)97-56)104-54-42(85)37(80)29(72)20(9-65)95-54/h17-58,63-89H,1-16H2. The van der Waals surface area contributed by atoms with Gasteiger partial charge in [-0.15, -0.1) is 0 Å². The van der Waals surface area contributed by atoms with Crippen LogP contribution in [0.5, 0.6) is 0 Å². The molecule has 9 aliphatic heterocycles. The van der Waals surface area contributed by atoms with Crippen molar-refractivity contribution in [2.24, 2.45) is 5.11 Å². The molecule has 0 radical (unpaired) electrons. The molecule has 0 spiro atoms. The molecule has 9 fully saturated rings. The molecular weight excluding hydrogens is 1470 g/mol. The zero-order chi connectivity index (χ0) is 78.2. The summed E-state index contributed by atoms with van der Waals surface area (Å²) in [4.78, 5) is 2.70. The molecule has 0 aromatic rings. The average Bonchev–Trinajstić information content (AvgIpc) is 0.752. The quantitative estimate of drug-likeness (QED) is 0.00978. The normalized spacial score (nSPS) is 50.1. The Morgan fingerprint density at radius 2 is 0.710 bits per heavy atom. The number of aliphatic hydroxyl groups excluding tert-OH is 27. The summed E-state index contributed by atoms with van der Waals surface area (Å²) in [6.45, 7) is -10.5. The fraction of sp³-hybridized carbons (Fsp3) is 1.00. The molecule has 9 rings (SSSR count). The minimum Gasteiger partial charge on any atom is -0.394 e. The van der Waals surface area contributed by atoms with Gasteiger partial charge in [-0.2, -0.15) is 0 Å². The molecule has 622 valence electrons. The Labute approximate surface area is 605 Å². The van der Waals surface area contributed by atoms with Crippen LogP contribution in [-0.2, 0) is 85.3 Å².